The molecule has 1 amide bonds. The second-order valence-corrected chi connectivity index (χ2v) is 5.73. The van der Waals surface area contributed by atoms with Gasteiger partial charge >= 0.3 is 0 Å². The van der Waals surface area contributed by atoms with E-state index in [1.807, 2.05) is 15.8 Å². The van der Waals surface area contributed by atoms with Crippen molar-refractivity contribution in [3.8, 4) is 0 Å². The Morgan fingerprint density at radius 3 is 3.00 bits per heavy atom. The summed E-state index contributed by atoms with van der Waals surface area (Å²) in [6, 6.07) is 0.394. The van der Waals surface area contributed by atoms with Crippen molar-refractivity contribution < 1.29 is 4.79 Å². The molecule has 2 fully saturated rings. The molecule has 19 heavy (non-hydrogen) atoms. The first-order valence-electron chi connectivity index (χ1n) is 7.27. The number of piperidine rings is 1. The number of amides is 1. The summed E-state index contributed by atoms with van der Waals surface area (Å²) in [5.74, 6) is 0.283. The second-order valence-electron chi connectivity index (χ2n) is 5.73. The lowest BCUT2D eigenvalue weighted by Gasteiger charge is -2.34. The smallest absolute Gasteiger partial charge is 0.239 e. The van der Waals surface area contributed by atoms with Gasteiger partial charge in [-0.1, -0.05) is 0 Å². The van der Waals surface area contributed by atoms with E-state index in [4.69, 9.17) is 0 Å². The number of nitrogens with one attached hydrogen (secondary N) is 1. The first-order chi connectivity index (χ1) is 9.24. The Kier molecular flexibility index (Phi) is 3.55. The molecule has 3 heterocycles. The van der Waals surface area contributed by atoms with E-state index in [2.05, 4.69) is 23.5 Å². The Morgan fingerprint density at radius 1 is 1.42 bits per heavy atom. The van der Waals surface area contributed by atoms with Gasteiger partial charge < -0.3 is 10.2 Å². The Labute approximate surface area is 114 Å². The molecule has 2 aliphatic rings. The fourth-order valence-electron chi connectivity index (χ4n) is 3.12. The third-order valence-electron chi connectivity index (χ3n) is 4.17. The van der Waals surface area contributed by atoms with Crippen LogP contribution in [0.15, 0.2) is 12.4 Å². The van der Waals surface area contributed by atoms with Crippen LogP contribution >= 0.6 is 0 Å². The Morgan fingerprint density at radius 2 is 2.32 bits per heavy atom. The first-order valence-corrected chi connectivity index (χ1v) is 7.27. The van der Waals surface area contributed by atoms with Crippen LogP contribution in [0.25, 0.3) is 0 Å². The molecular formula is C14H22N4O. The monoisotopic (exact) mass is 262 g/mol. The lowest BCUT2D eigenvalue weighted by atomic mass is 10.0. The molecule has 104 valence electrons. The summed E-state index contributed by atoms with van der Waals surface area (Å²) >= 11 is 0. The molecule has 2 aliphatic heterocycles. The number of rotatable bonds is 2. The first kappa shape index (κ1) is 12.7. The molecule has 1 N–H and O–H groups in total. The van der Waals surface area contributed by atoms with Crippen LogP contribution in [-0.4, -0.2) is 46.3 Å². The summed E-state index contributed by atoms with van der Waals surface area (Å²) in [6.45, 7) is 4.73. The molecule has 0 spiro atoms. The van der Waals surface area contributed by atoms with Crippen LogP contribution in [0.2, 0.25) is 0 Å². The molecule has 3 rings (SSSR count). The minimum atomic E-state index is 0.0538. The molecule has 0 radical (unpaired) electrons. The van der Waals surface area contributed by atoms with Gasteiger partial charge in [0.1, 0.15) is 0 Å². The number of hydrogen-bond acceptors (Lipinski definition) is 3. The van der Waals surface area contributed by atoms with Gasteiger partial charge in [-0.05, 0) is 44.7 Å². The maximum Gasteiger partial charge on any atom is 0.239 e. The largest absolute Gasteiger partial charge is 0.339 e. The van der Waals surface area contributed by atoms with Crippen LogP contribution in [0, 0.1) is 6.92 Å². The molecule has 0 bridgehead atoms. The van der Waals surface area contributed by atoms with Gasteiger partial charge in [0, 0.05) is 19.3 Å². The Bertz CT molecular complexity index is 450. The third-order valence-corrected chi connectivity index (χ3v) is 4.17. The van der Waals surface area contributed by atoms with E-state index in [0.29, 0.717) is 6.04 Å². The molecule has 1 aromatic heterocycles. The Hall–Kier alpha value is -1.36. The van der Waals surface area contributed by atoms with Crippen LogP contribution < -0.4 is 5.32 Å². The number of aromatic nitrogens is 2. The summed E-state index contributed by atoms with van der Waals surface area (Å²) in [6.07, 6.45) is 8.25. The van der Waals surface area contributed by atoms with Gasteiger partial charge in [-0.2, -0.15) is 5.10 Å². The second kappa shape index (κ2) is 5.33. The van der Waals surface area contributed by atoms with Gasteiger partial charge in [-0.15, -0.1) is 0 Å². The highest BCUT2D eigenvalue weighted by Crippen LogP contribution is 2.22. The molecule has 5 heteroatoms. The fraction of sp³-hybridized carbons (Fsp3) is 0.714. The van der Waals surface area contributed by atoms with Crippen LogP contribution in [0.3, 0.4) is 0 Å². The van der Waals surface area contributed by atoms with E-state index >= 15 is 0 Å². The van der Waals surface area contributed by atoms with Crippen molar-refractivity contribution in [1.29, 1.82) is 0 Å². The van der Waals surface area contributed by atoms with E-state index < -0.39 is 0 Å². The van der Waals surface area contributed by atoms with E-state index in [1.54, 1.807) is 0 Å². The molecule has 5 nitrogen and oxygen atoms in total. The summed E-state index contributed by atoms with van der Waals surface area (Å²) in [4.78, 5) is 14.4. The zero-order valence-electron chi connectivity index (χ0n) is 11.5. The van der Waals surface area contributed by atoms with Crippen LogP contribution in [0.1, 0.15) is 37.3 Å². The number of carbonyl (C=O) groups is 1. The molecule has 0 aromatic carbocycles. The quantitative estimate of drug-likeness (QED) is 0.868. The molecule has 1 aromatic rings. The topological polar surface area (TPSA) is 50.2 Å². The molecule has 0 aliphatic carbocycles. The predicted molar refractivity (Wildman–Crippen MR) is 72.8 cm³/mol. The lowest BCUT2D eigenvalue weighted by molar-refractivity contribution is -0.134. The van der Waals surface area contributed by atoms with Crippen LogP contribution in [0.4, 0.5) is 0 Å². The highest BCUT2D eigenvalue weighted by molar-refractivity contribution is 5.82. The number of carbonyl (C=O) groups excluding carboxylic acids is 1. The van der Waals surface area contributed by atoms with Crippen molar-refractivity contribution in [3.63, 3.8) is 0 Å². The number of hydrogen-bond donors (Lipinski definition) is 1. The van der Waals surface area contributed by atoms with Gasteiger partial charge in [-0.3, -0.25) is 9.48 Å². The van der Waals surface area contributed by atoms with Crippen LogP contribution in [-0.2, 0) is 4.79 Å². The van der Waals surface area contributed by atoms with Gasteiger partial charge in [0.2, 0.25) is 5.91 Å². The highest BCUT2D eigenvalue weighted by Gasteiger charge is 2.31. The van der Waals surface area contributed by atoms with Crippen molar-refractivity contribution in [2.45, 2.75) is 44.7 Å². The zero-order valence-corrected chi connectivity index (χ0v) is 11.5. The Balaban J connectivity index is 1.65. The van der Waals surface area contributed by atoms with E-state index in [-0.39, 0.29) is 11.9 Å². The van der Waals surface area contributed by atoms with Crippen molar-refractivity contribution in [2.24, 2.45) is 0 Å². The van der Waals surface area contributed by atoms with E-state index in [0.717, 1.165) is 45.3 Å². The zero-order chi connectivity index (χ0) is 13.2. The molecule has 2 atom stereocenters. The maximum atomic E-state index is 12.4. The number of nitrogens with zero attached hydrogens (tertiary/aromatic N) is 3. The van der Waals surface area contributed by atoms with Gasteiger partial charge in [-0.25, -0.2) is 0 Å². The standard InChI is InChI=1S/C14H22N4O/c1-11-8-16-18(9-11)12-4-3-7-17(10-12)14(19)13-5-2-6-15-13/h8-9,12-13,15H,2-7,10H2,1H3/t12?,13-/m0/s1. The lowest BCUT2D eigenvalue weighted by Crippen LogP contribution is -2.48. The van der Waals surface area contributed by atoms with Crippen LogP contribution in [0.5, 0.6) is 0 Å². The van der Waals surface area contributed by atoms with Crippen molar-refractivity contribution in [2.75, 3.05) is 19.6 Å². The summed E-state index contributed by atoms with van der Waals surface area (Å²) < 4.78 is 2.02. The third kappa shape index (κ3) is 2.66. The van der Waals surface area contributed by atoms with Crippen molar-refractivity contribution >= 4 is 5.91 Å². The minimum Gasteiger partial charge on any atom is -0.339 e. The maximum absolute atomic E-state index is 12.4. The molecule has 2 saturated heterocycles. The SMILES string of the molecule is Cc1cnn(C2CCCN(C(=O)[C@@H]3CCCN3)C2)c1. The summed E-state index contributed by atoms with van der Waals surface area (Å²) in [5.41, 5.74) is 1.18. The van der Waals surface area contributed by atoms with E-state index in [1.165, 1.54) is 5.56 Å². The fourth-order valence-corrected chi connectivity index (χ4v) is 3.12. The van der Waals surface area contributed by atoms with Gasteiger partial charge in [0.25, 0.3) is 0 Å². The van der Waals surface area contributed by atoms with Crippen molar-refractivity contribution in [1.82, 2.24) is 20.0 Å². The van der Waals surface area contributed by atoms with Gasteiger partial charge in [0.05, 0.1) is 18.3 Å². The van der Waals surface area contributed by atoms with Crippen molar-refractivity contribution in [3.05, 3.63) is 18.0 Å². The highest BCUT2D eigenvalue weighted by atomic mass is 16.2. The number of aryl methyl sites for hydroxylation is 1. The average Bonchev–Trinajstić information content (AvgIpc) is 3.09. The number of likely N-dealkylation sites (tertiary alicyclic amines) is 1. The molecular weight excluding hydrogens is 240 g/mol. The predicted octanol–water partition coefficient (Wildman–Crippen LogP) is 1.11. The van der Waals surface area contributed by atoms with Gasteiger partial charge in [0.15, 0.2) is 0 Å². The minimum absolute atomic E-state index is 0.0538. The average molecular weight is 262 g/mol. The molecule has 0 saturated carbocycles. The summed E-state index contributed by atoms with van der Waals surface area (Å²) in [5, 5.41) is 7.69. The van der Waals surface area contributed by atoms with E-state index in [9.17, 15) is 4.79 Å². The molecule has 1 unspecified atom stereocenters. The summed E-state index contributed by atoms with van der Waals surface area (Å²) in [7, 11) is 0. The normalized spacial score (nSPS) is 27.7.